The monoisotopic (exact) mass is 310 g/mol. The number of hydrogen-bond acceptors (Lipinski definition) is 3. The number of hydrogen-bond donors (Lipinski definition) is 1. The highest BCUT2D eigenvalue weighted by Crippen LogP contribution is 2.27. The fourth-order valence-electron chi connectivity index (χ4n) is 4.03. The average Bonchev–Trinajstić information content (AvgIpc) is 2.34. The third-order valence-electron chi connectivity index (χ3n) is 4.60. The predicted molar refractivity (Wildman–Crippen MR) is 91.1 cm³/mol. The summed E-state index contributed by atoms with van der Waals surface area (Å²) in [6, 6.07) is 0.589. The Balaban J connectivity index is 1.90. The molecule has 128 valence electrons. The smallest absolute Gasteiger partial charge is 0.317 e. The average molecular weight is 310 g/mol. The number of fused-ring (bicyclic) bond motifs is 1. The minimum atomic E-state index is -0.171. The van der Waals surface area contributed by atoms with Crippen LogP contribution in [-0.4, -0.2) is 78.6 Å². The Bertz CT molecular complexity index is 402. The Hall–Kier alpha value is -0.810. The summed E-state index contributed by atoms with van der Waals surface area (Å²) in [6.45, 7) is 16.9. The van der Waals surface area contributed by atoms with E-state index in [1.54, 1.807) is 0 Å². The molecule has 2 fully saturated rings. The lowest BCUT2D eigenvalue weighted by Gasteiger charge is -2.47. The number of nitrogens with one attached hydrogen (secondary N) is 1. The van der Waals surface area contributed by atoms with E-state index in [0.717, 1.165) is 45.7 Å². The molecule has 22 heavy (non-hydrogen) atoms. The normalized spacial score (nSPS) is 25.0. The van der Waals surface area contributed by atoms with Crippen molar-refractivity contribution in [2.24, 2.45) is 5.41 Å². The van der Waals surface area contributed by atoms with Gasteiger partial charge in [-0.1, -0.05) is 20.8 Å². The Morgan fingerprint density at radius 1 is 1.05 bits per heavy atom. The molecule has 0 radical (unpaired) electrons. The number of urea groups is 1. The van der Waals surface area contributed by atoms with Crippen molar-refractivity contribution >= 4 is 6.03 Å². The van der Waals surface area contributed by atoms with Gasteiger partial charge in [-0.3, -0.25) is 4.90 Å². The quantitative estimate of drug-likeness (QED) is 0.846. The Kier molecular flexibility index (Phi) is 5.07. The molecule has 0 aromatic heterocycles. The van der Waals surface area contributed by atoms with E-state index in [4.69, 9.17) is 0 Å². The zero-order valence-electron chi connectivity index (χ0n) is 15.3. The van der Waals surface area contributed by atoms with Gasteiger partial charge in [0.25, 0.3) is 0 Å². The van der Waals surface area contributed by atoms with E-state index >= 15 is 0 Å². The summed E-state index contributed by atoms with van der Waals surface area (Å²) in [5, 5.41) is 3.24. The molecular weight excluding hydrogens is 276 g/mol. The van der Waals surface area contributed by atoms with Crippen molar-refractivity contribution in [3.05, 3.63) is 0 Å². The van der Waals surface area contributed by atoms with Gasteiger partial charge in [0.15, 0.2) is 0 Å². The van der Waals surface area contributed by atoms with E-state index in [0.29, 0.717) is 6.04 Å². The van der Waals surface area contributed by atoms with E-state index in [1.807, 2.05) is 4.90 Å². The largest absolute Gasteiger partial charge is 0.333 e. The third kappa shape index (κ3) is 4.85. The molecular formula is C17H34N4O. The molecule has 0 saturated carbocycles. The van der Waals surface area contributed by atoms with Crippen molar-refractivity contribution in [3.8, 4) is 0 Å². The van der Waals surface area contributed by atoms with Crippen LogP contribution in [0.1, 0.15) is 41.0 Å². The topological polar surface area (TPSA) is 38.8 Å². The zero-order valence-corrected chi connectivity index (χ0v) is 15.3. The molecule has 2 aliphatic rings. The fourth-order valence-corrected chi connectivity index (χ4v) is 4.03. The van der Waals surface area contributed by atoms with Gasteiger partial charge in [-0.25, -0.2) is 4.79 Å². The summed E-state index contributed by atoms with van der Waals surface area (Å²) < 4.78 is 0. The molecule has 2 heterocycles. The number of nitrogens with zero attached hydrogens (tertiary/aromatic N) is 3. The van der Waals surface area contributed by atoms with Crippen LogP contribution in [0.4, 0.5) is 4.79 Å². The first-order valence-corrected chi connectivity index (χ1v) is 8.55. The molecule has 1 N–H and O–H groups in total. The van der Waals surface area contributed by atoms with Crippen LogP contribution >= 0.6 is 0 Å². The van der Waals surface area contributed by atoms with E-state index in [2.05, 4.69) is 56.8 Å². The van der Waals surface area contributed by atoms with Gasteiger partial charge in [0.2, 0.25) is 0 Å². The summed E-state index contributed by atoms with van der Waals surface area (Å²) in [6.07, 6.45) is 0.970. The number of amides is 2. The van der Waals surface area contributed by atoms with E-state index in [9.17, 15) is 4.79 Å². The van der Waals surface area contributed by atoms with Gasteiger partial charge in [-0.2, -0.15) is 0 Å². The van der Waals surface area contributed by atoms with Gasteiger partial charge in [0.05, 0.1) is 0 Å². The highest BCUT2D eigenvalue weighted by molar-refractivity contribution is 5.75. The van der Waals surface area contributed by atoms with Crippen LogP contribution < -0.4 is 5.32 Å². The summed E-state index contributed by atoms with van der Waals surface area (Å²) >= 11 is 0. The summed E-state index contributed by atoms with van der Waals surface area (Å²) in [7, 11) is 2.17. The SMILES string of the molecule is CN1CCN2CCN(C(=O)NC(C)(C)CC(C)(C)C)CC2C1. The van der Waals surface area contributed by atoms with Crippen molar-refractivity contribution in [1.82, 2.24) is 20.0 Å². The summed E-state index contributed by atoms with van der Waals surface area (Å²) in [5.41, 5.74) is 0.0391. The number of likely N-dealkylation sites (N-methyl/N-ethyl adjacent to an activating group) is 1. The molecule has 2 aliphatic heterocycles. The molecule has 0 aromatic rings. The molecule has 5 nitrogen and oxygen atoms in total. The van der Waals surface area contributed by atoms with Crippen molar-refractivity contribution in [3.63, 3.8) is 0 Å². The minimum absolute atomic E-state index is 0.0992. The third-order valence-corrected chi connectivity index (χ3v) is 4.60. The van der Waals surface area contributed by atoms with Crippen molar-refractivity contribution < 1.29 is 4.79 Å². The Morgan fingerprint density at radius 3 is 2.32 bits per heavy atom. The lowest BCUT2D eigenvalue weighted by Crippen LogP contribution is -2.64. The van der Waals surface area contributed by atoms with Crippen LogP contribution in [0, 0.1) is 5.41 Å². The number of rotatable bonds is 2. The van der Waals surface area contributed by atoms with Gasteiger partial charge in [0, 0.05) is 50.8 Å². The predicted octanol–water partition coefficient (Wildman–Crippen LogP) is 1.84. The first-order chi connectivity index (χ1) is 10.1. The summed E-state index contributed by atoms with van der Waals surface area (Å²) in [4.78, 5) is 19.5. The first kappa shape index (κ1) is 17.5. The van der Waals surface area contributed by atoms with Gasteiger partial charge in [-0.05, 0) is 32.7 Å². The van der Waals surface area contributed by atoms with Crippen molar-refractivity contribution in [2.45, 2.75) is 52.6 Å². The van der Waals surface area contributed by atoms with Gasteiger partial charge in [0.1, 0.15) is 0 Å². The maximum absolute atomic E-state index is 12.6. The van der Waals surface area contributed by atoms with Crippen LogP contribution in [0.5, 0.6) is 0 Å². The lowest BCUT2D eigenvalue weighted by molar-refractivity contribution is 0.0315. The van der Waals surface area contributed by atoms with Crippen molar-refractivity contribution in [2.75, 3.05) is 46.3 Å². The molecule has 1 unspecified atom stereocenters. The number of carbonyl (C=O) groups is 1. The molecule has 0 aliphatic carbocycles. The maximum Gasteiger partial charge on any atom is 0.317 e. The summed E-state index contributed by atoms with van der Waals surface area (Å²) in [5.74, 6) is 0. The Morgan fingerprint density at radius 2 is 1.68 bits per heavy atom. The molecule has 2 saturated heterocycles. The number of piperazine rings is 2. The first-order valence-electron chi connectivity index (χ1n) is 8.55. The van der Waals surface area contributed by atoms with Gasteiger partial charge >= 0.3 is 6.03 Å². The van der Waals surface area contributed by atoms with Crippen molar-refractivity contribution in [1.29, 1.82) is 0 Å². The maximum atomic E-state index is 12.6. The molecule has 2 rings (SSSR count). The molecule has 0 aromatic carbocycles. The Labute approximate surface area is 136 Å². The van der Waals surface area contributed by atoms with E-state index < -0.39 is 0 Å². The standard InChI is InChI=1S/C17H34N4O/c1-16(2,3)13-17(4,5)18-15(22)21-10-9-20-8-7-19(6)11-14(20)12-21/h14H,7-13H2,1-6H3,(H,18,22). The van der Waals surface area contributed by atoms with E-state index in [1.165, 1.54) is 0 Å². The highest BCUT2D eigenvalue weighted by atomic mass is 16.2. The second kappa shape index (κ2) is 6.36. The van der Waals surface area contributed by atoms with Crippen LogP contribution in [-0.2, 0) is 0 Å². The minimum Gasteiger partial charge on any atom is -0.333 e. The van der Waals surface area contributed by atoms with Crippen LogP contribution in [0.3, 0.4) is 0 Å². The van der Waals surface area contributed by atoms with Crippen LogP contribution in [0.2, 0.25) is 0 Å². The van der Waals surface area contributed by atoms with E-state index in [-0.39, 0.29) is 17.0 Å². The van der Waals surface area contributed by atoms with Gasteiger partial charge < -0.3 is 15.1 Å². The molecule has 1 atom stereocenters. The second-order valence-corrected chi connectivity index (χ2v) is 8.95. The second-order valence-electron chi connectivity index (χ2n) is 8.95. The molecule has 0 spiro atoms. The fraction of sp³-hybridized carbons (Fsp3) is 0.941. The van der Waals surface area contributed by atoms with Gasteiger partial charge in [-0.15, -0.1) is 0 Å². The van der Waals surface area contributed by atoms with Crippen LogP contribution in [0.25, 0.3) is 0 Å². The zero-order chi connectivity index (χ0) is 16.5. The highest BCUT2D eigenvalue weighted by Gasteiger charge is 2.34. The van der Waals surface area contributed by atoms with Crippen LogP contribution in [0.15, 0.2) is 0 Å². The lowest BCUT2D eigenvalue weighted by atomic mass is 9.82. The molecule has 5 heteroatoms. The molecule has 0 bridgehead atoms. The number of carbonyl (C=O) groups excluding carboxylic acids is 1. The molecule has 2 amide bonds.